The summed E-state index contributed by atoms with van der Waals surface area (Å²) in [6.07, 6.45) is 4.86. The number of thioether (sulfide) groups is 1. The minimum absolute atomic E-state index is 0.137. The van der Waals surface area contributed by atoms with Crippen molar-refractivity contribution in [1.29, 1.82) is 0 Å². The highest BCUT2D eigenvalue weighted by atomic mass is 35.5. The van der Waals surface area contributed by atoms with Gasteiger partial charge >= 0.3 is 0 Å². The van der Waals surface area contributed by atoms with Crippen LogP contribution in [0.3, 0.4) is 0 Å². The molecule has 1 rings (SSSR count). The lowest BCUT2D eigenvalue weighted by Gasteiger charge is -2.15. The smallest absolute Gasteiger partial charge is 0.124 e. The van der Waals surface area contributed by atoms with Gasteiger partial charge in [0.05, 0.1) is 6.61 Å². The third-order valence-corrected chi connectivity index (χ3v) is 3.87. The fourth-order valence-electron chi connectivity index (χ4n) is 1.66. The van der Waals surface area contributed by atoms with E-state index in [-0.39, 0.29) is 6.04 Å². The molecule has 0 heterocycles. The monoisotopic (exact) mass is 287 g/mol. The van der Waals surface area contributed by atoms with Crippen LogP contribution < -0.4 is 10.5 Å². The van der Waals surface area contributed by atoms with E-state index in [4.69, 9.17) is 22.1 Å². The molecule has 4 heteroatoms. The second kappa shape index (κ2) is 8.68. The molecule has 1 atom stereocenters. The van der Waals surface area contributed by atoms with Crippen molar-refractivity contribution in [3.8, 4) is 5.75 Å². The van der Waals surface area contributed by atoms with Crippen LogP contribution in [0.1, 0.15) is 25.3 Å². The minimum Gasteiger partial charge on any atom is -0.493 e. The topological polar surface area (TPSA) is 35.2 Å². The van der Waals surface area contributed by atoms with Crippen molar-refractivity contribution in [3.63, 3.8) is 0 Å². The highest BCUT2D eigenvalue weighted by Gasteiger charge is 2.11. The first-order chi connectivity index (χ1) is 8.69. The van der Waals surface area contributed by atoms with Gasteiger partial charge in [-0.2, -0.15) is 11.8 Å². The molecular weight excluding hydrogens is 266 g/mol. The van der Waals surface area contributed by atoms with E-state index in [1.165, 1.54) is 0 Å². The Hall–Kier alpha value is -0.380. The lowest BCUT2D eigenvalue weighted by Crippen LogP contribution is -2.22. The minimum atomic E-state index is 0.137. The number of benzene rings is 1. The lowest BCUT2D eigenvalue weighted by atomic mass is 10.0. The van der Waals surface area contributed by atoms with Crippen molar-refractivity contribution in [2.45, 2.75) is 32.2 Å². The molecule has 0 spiro atoms. The maximum Gasteiger partial charge on any atom is 0.124 e. The molecular formula is C14H22ClNOS. The molecule has 0 aromatic heterocycles. The van der Waals surface area contributed by atoms with E-state index in [1.807, 2.05) is 30.0 Å². The van der Waals surface area contributed by atoms with Crippen LogP contribution in [0.5, 0.6) is 5.75 Å². The largest absolute Gasteiger partial charge is 0.493 e. The first-order valence-electron chi connectivity index (χ1n) is 6.33. The van der Waals surface area contributed by atoms with Crippen LogP contribution in [-0.4, -0.2) is 24.7 Å². The van der Waals surface area contributed by atoms with E-state index in [0.29, 0.717) is 0 Å². The molecule has 0 bridgehead atoms. The van der Waals surface area contributed by atoms with Gasteiger partial charge in [-0.15, -0.1) is 0 Å². The molecule has 0 saturated heterocycles. The van der Waals surface area contributed by atoms with E-state index in [9.17, 15) is 0 Å². The van der Waals surface area contributed by atoms with Crippen molar-refractivity contribution in [3.05, 3.63) is 28.8 Å². The second-order valence-electron chi connectivity index (χ2n) is 4.28. The Bertz CT molecular complexity index is 360. The Balaban J connectivity index is 2.67. The number of hydrogen-bond acceptors (Lipinski definition) is 3. The zero-order valence-corrected chi connectivity index (χ0v) is 12.7. The van der Waals surface area contributed by atoms with Gasteiger partial charge in [-0.1, -0.05) is 24.6 Å². The Kier molecular flexibility index (Phi) is 7.56. The van der Waals surface area contributed by atoms with Crippen LogP contribution in [0.25, 0.3) is 0 Å². The summed E-state index contributed by atoms with van der Waals surface area (Å²) >= 11 is 8.06. The molecule has 2 N–H and O–H groups in total. The van der Waals surface area contributed by atoms with Gasteiger partial charge in [0, 0.05) is 16.6 Å². The standard InChI is InChI=1S/C14H22ClNOS/c1-3-11(16)10-12-13(15)6-4-7-14(12)17-8-5-9-18-2/h4,6-7,11H,3,5,8-10,16H2,1-2H3. The number of halogens is 1. The third kappa shape index (κ3) is 5.09. The van der Waals surface area contributed by atoms with E-state index in [1.54, 1.807) is 0 Å². The van der Waals surface area contributed by atoms with Gasteiger partial charge in [-0.25, -0.2) is 0 Å². The van der Waals surface area contributed by atoms with Crippen molar-refractivity contribution < 1.29 is 4.74 Å². The summed E-state index contributed by atoms with van der Waals surface area (Å²) in [4.78, 5) is 0. The summed E-state index contributed by atoms with van der Waals surface area (Å²) in [5.74, 6) is 2.00. The third-order valence-electron chi connectivity index (χ3n) is 2.82. The van der Waals surface area contributed by atoms with Crippen LogP contribution in [0, 0.1) is 0 Å². The van der Waals surface area contributed by atoms with Crippen molar-refractivity contribution in [1.82, 2.24) is 0 Å². The Morgan fingerprint density at radius 1 is 1.44 bits per heavy atom. The molecule has 0 amide bonds. The second-order valence-corrected chi connectivity index (χ2v) is 5.68. The van der Waals surface area contributed by atoms with Crippen molar-refractivity contribution >= 4 is 23.4 Å². The van der Waals surface area contributed by atoms with Gasteiger partial charge in [0.15, 0.2) is 0 Å². The van der Waals surface area contributed by atoms with Gasteiger partial charge in [0.25, 0.3) is 0 Å². The summed E-state index contributed by atoms with van der Waals surface area (Å²) in [5.41, 5.74) is 7.04. The van der Waals surface area contributed by atoms with Crippen LogP contribution in [0.15, 0.2) is 18.2 Å². The molecule has 1 unspecified atom stereocenters. The molecule has 0 aliphatic rings. The Morgan fingerprint density at radius 2 is 2.22 bits per heavy atom. The quantitative estimate of drug-likeness (QED) is 0.740. The Morgan fingerprint density at radius 3 is 2.89 bits per heavy atom. The highest BCUT2D eigenvalue weighted by Crippen LogP contribution is 2.28. The molecule has 102 valence electrons. The number of rotatable bonds is 8. The van der Waals surface area contributed by atoms with Gasteiger partial charge in [0.2, 0.25) is 0 Å². The van der Waals surface area contributed by atoms with E-state index >= 15 is 0 Å². The molecule has 1 aromatic carbocycles. The van der Waals surface area contributed by atoms with Gasteiger partial charge in [0.1, 0.15) is 5.75 Å². The number of ether oxygens (including phenoxy) is 1. The average molecular weight is 288 g/mol. The molecule has 0 fully saturated rings. The van der Waals surface area contributed by atoms with E-state index in [2.05, 4.69) is 13.2 Å². The van der Waals surface area contributed by atoms with Crippen LogP contribution in [-0.2, 0) is 6.42 Å². The summed E-state index contributed by atoms with van der Waals surface area (Å²) in [5, 5.41) is 0.751. The summed E-state index contributed by atoms with van der Waals surface area (Å²) < 4.78 is 5.81. The van der Waals surface area contributed by atoms with Crippen molar-refractivity contribution in [2.24, 2.45) is 5.73 Å². The van der Waals surface area contributed by atoms with Crippen LogP contribution in [0.2, 0.25) is 5.02 Å². The normalized spacial score (nSPS) is 12.4. The SMILES string of the molecule is CCC(N)Cc1c(Cl)cccc1OCCCSC. The first kappa shape index (κ1) is 15.7. The fraction of sp³-hybridized carbons (Fsp3) is 0.571. The maximum absolute atomic E-state index is 6.23. The number of nitrogens with two attached hydrogens (primary N) is 1. The first-order valence-corrected chi connectivity index (χ1v) is 8.11. The number of hydrogen-bond donors (Lipinski definition) is 1. The van der Waals surface area contributed by atoms with Gasteiger partial charge < -0.3 is 10.5 Å². The summed E-state index contributed by atoms with van der Waals surface area (Å²) in [6, 6.07) is 5.93. The fourth-order valence-corrected chi connectivity index (χ4v) is 2.31. The average Bonchev–Trinajstić information content (AvgIpc) is 2.38. The molecule has 0 saturated carbocycles. The molecule has 0 radical (unpaired) electrons. The van der Waals surface area contributed by atoms with Crippen LogP contribution >= 0.6 is 23.4 Å². The zero-order chi connectivity index (χ0) is 13.4. The summed E-state index contributed by atoms with van der Waals surface area (Å²) in [6.45, 7) is 2.82. The van der Waals surface area contributed by atoms with Crippen molar-refractivity contribution in [2.75, 3.05) is 18.6 Å². The van der Waals surface area contributed by atoms with Crippen LogP contribution in [0.4, 0.5) is 0 Å². The molecule has 1 aromatic rings. The van der Waals surface area contributed by atoms with Gasteiger partial charge in [-0.05, 0) is 43.4 Å². The Labute approximate surface area is 119 Å². The van der Waals surface area contributed by atoms with E-state index < -0.39 is 0 Å². The molecule has 0 aliphatic carbocycles. The maximum atomic E-state index is 6.23. The molecule has 18 heavy (non-hydrogen) atoms. The predicted octanol–water partition coefficient (Wildman–Crippen LogP) is 3.75. The van der Waals surface area contributed by atoms with E-state index in [0.717, 1.165) is 48.0 Å². The predicted molar refractivity (Wildman–Crippen MR) is 81.9 cm³/mol. The van der Waals surface area contributed by atoms with Gasteiger partial charge in [-0.3, -0.25) is 0 Å². The molecule has 2 nitrogen and oxygen atoms in total. The highest BCUT2D eigenvalue weighted by molar-refractivity contribution is 7.98. The lowest BCUT2D eigenvalue weighted by molar-refractivity contribution is 0.314. The zero-order valence-electron chi connectivity index (χ0n) is 11.1. The summed E-state index contributed by atoms with van der Waals surface area (Å²) in [7, 11) is 0. The molecule has 0 aliphatic heterocycles.